The molecule has 2 rings (SSSR count). The number of carbonyl (C=O) groups is 2. The van der Waals surface area contributed by atoms with Gasteiger partial charge in [0, 0.05) is 25.5 Å². The van der Waals surface area contributed by atoms with Crippen LogP contribution in [0.5, 0.6) is 0 Å². The maximum atomic E-state index is 12.2. The van der Waals surface area contributed by atoms with Gasteiger partial charge in [-0.2, -0.15) is 0 Å². The Morgan fingerprint density at radius 3 is 2.30 bits per heavy atom. The van der Waals surface area contributed by atoms with E-state index in [1.807, 2.05) is 43.3 Å². The van der Waals surface area contributed by atoms with Gasteiger partial charge in [-0.3, -0.25) is 9.59 Å². The molecule has 5 heteroatoms. The maximum absolute atomic E-state index is 12.2. The molecule has 1 aliphatic rings. The van der Waals surface area contributed by atoms with Gasteiger partial charge in [0.25, 0.3) is 0 Å². The number of nitrogens with zero attached hydrogens (tertiary/aromatic N) is 1. The van der Waals surface area contributed by atoms with Gasteiger partial charge in [-0.25, -0.2) is 0 Å². The largest absolute Gasteiger partial charge is 0.481 e. The molecule has 0 aromatic heterocycles. The predicted molar refractivity (Wildman–Crippen MR) is 77.9 cm³/mol. The molecule has 1 aromatic carbocycles. The Morgan fingerprint density at radius 2 is 1.75 bits per heavy atom. The minimum absolute atomic E-state index is 0.187. The van der Waals surface area contributed by atoms with Crippen molar-refractivity contribution in [1.82, 2.24) is 0 Å². The van der Waals surface area contributed by atoms with Crippen molar-refractivity contribution in [2.24, 2.45) is 11.8 Å². The van der Waals surface area contributed by atoms with Gasteiger partial charge in [0.1, 0.15) is 0 Å². The van der Waals surface area contributed by atoms with E-state index in [-0.39, 0.29) is 5.91 Å². The molecule has 0 saturated heterocycles. The normalized spacial score (nSPS) is 21.5. The van der Waals surface area contributed by atoms with Crippen LogP contribution in [0, 0.1) is 11.8 Å². The van der Waals surface area contributed by atoms with Gasteiger partial charge in [-0.1, -0.05) is 6.42 Å². The third kappa shape index (κ3) is 3.10. The lowest BCUT2D eigenvalue weighted by molar-refractivity contribution is -0.145. The van der Waals surface area contributed by atoms with Gasteiger partial charge >= 0.3 is 5.97 Å². The van der Waals surface area contributed by atoms with Crippen LogP contribution in [0.4, 0.5) is 11.4 Å². The number of carbonyl (C=O) groups excluding carboxylic acids is 1. The van der Waals surface area contributed by atoms with Gasteiger partial charge in [0.05, 0.1) is 11.8 Å². The van der Waals surface area contributed by atoms with Crippen LogP contribution in [-0.2, 0) is 9.59 Å². The number of benzene rings is 1. The Kier molecular flexibility index (Phi) is 4.27. The lowest BCUT2D eigenvalue weighted by Gasteiger charge is -2.16. The summed E-state index contributed by atoms with van der Waals surface area (Å²) >= 11 is 0. The molecule has 5 nitrogen and oxygen atoms in total. The first-order chi connectivity index (χ1) is 9.49. The van der Waals surface area contributed by atoms with E-state index in [4.69, 9.17) is 5.11 Å². The molecule has 0 heterocycles. The molecule has 1 amide bonds. The lowest BCUT2D eigenvalue weighted by Crippen LogP contribution is -2.29. The first kappa shape index (κ1) is 14.4. The molecule has 1 fully saturated rings. The van der Waals surface area contributed by atoms with Crippen molar-refractivity contribution in [3.8, 4) is 0 Å². The van der Waals surface area contributed by atoms with Crippen molar-refractivity contribution < 1.29 is 14.7 Å². The Hall–Kier alpha value is -2.04. The zero-order chi connectivity index (χ0) is 14.7. The highest BCUT2D eigenvalue weighted by Gasteiger charge is 2.37. The van der Waals surface area contributed by atoms with Gasteiger partial charge in [-0.15, -0.1) is 0 Å². The van der Waals surface area contributed by atoms with E-state index in [0.717, 1.165) is 12.1 Å². The highest BCUT2D eigenvalue weighted by atomic mass is 16.4. The molecule has 2 N–H and O–H groups in total. The second kappa shape index (κ2) is 5.94. The van der Waals surface area contributed by atoms with Crippen LogP contribution in [0.15, 0.2) is 24.3 Å². The van der Waals surface area contributed by atoms with Gasteiger partial charge in [0.15, 0.2) is 0 Å². The molecular formula is C15H20N2O3. The van der Waals surface area contributed by atoms with Crippen molar-refractivity contribution in [2.75, 3.05) is 24.3 Å². The van der Waals surface area contributed by atoms with Crippen LogP contribution in [0.2, 0.25) is 0 Å². The molecule has 1 aliphatic carbocycles. The van der Waals surface area contributed by atoms with Crippen LogP contribution in [0.1, 0.15) is 19.3 Å². The number of carboxylic acid groups (broad SMARTS) is 1. The number of nitrogens with one attached hydrogen (secondary N) is 1. The average molecular weight is 276 g/mol. The van der Waals surface area contributed by atoms with E-state index >= 15 is 0 Å². The van der Waals surface area contributed by atoms with Crippen LogP contribution < -0.4 is 10.2 Å². The Labute approximate surface area is 118 Å². The number of carboxylic acids is 1. The summed E-state index contributed by atoms with van der Waals surface area (Å²) in [5, 5.41) is 11.9. The molecule has 2 atom stereocenters. The SMILES string of the molecule is CN(C)c1ccc(NC(=O)[C@@H]2CCC[C@@H]2C(=O)O)cc1. The fourth-order valence-corrected chi connectivity index (χ4v) is 2.65. The molecule has 1 saturated carbocycles. The number of hydrogen-bond acceptors (Lipinski definition) is 3. The third-order valence-corrected chi connectivity index (χ3v) is 3.82. The van der Waals surface area contributed by atoms with Crippen molar-refractivity contribution in [2.45, 2.75) is 19.3 Å². The maximum Gasteiger partial charge on any atom is 0.307 e. The fraction of sp³-hybridized carbons (Fsp3) is 0.467. The monoisotopic (exact) mass is 276 g/mol. The number of anilines is 2. The number of hydrogen-bond donors (Lipinski definition) is 2. The number of amides is 1. The second-order valence-electron chi connectivity index (χ2n) is 5.41. The molecule has 0 unspecified atom stereocenters. The van der Waals surface area contributed by atoms with Crippen LogP contribution in [0.3, 0.4) is 0 Å². The van der Waals surface area contributed by atoms with E-state index in [2.05, 4.69) is 5.32 Å². The summed E-state index contributed by atoms with van der Waals surface area (Å²) in [4.78, 5) is 25.2. The summed E-state index contributed by atoms with van der Waals surface area (Å²) in [6.45, 7) is 0. The molecule has 1 aromatic rings. The average Bonchev–Trinajstić information content (AvgIpc) is 2.88. The molecule has 108 valence electrons. The standard InChI is InChI=1S/C15H20N2O3/c1-17(2)11-8-6-10(7-9-11)16-14(18)12-4-3-5-13(12)15(19)20/h6-9,12-13H,3-5H2,1-2H3,(H,16,18)(H,19,20)/t12-,13+/m1/s1. The Balaban J connectivity index is 2.02. The minimum atomic E-state index is -0.870. The third-order valence-electron chi connectivity index (χ3n) is 3.82. The van der Waals surface area contributed by atoms with Crippen LogP contribution in [-0.4, -0.2) is 31.1 Å². The Morgan fingerprint density at radius 1 is 1.15 bits per heavy atom. The topological polar surface area (TPSA) is 69.6 Å². The van der Waals surface area contributed by atoms with Crippen LogP contribution >= 0.6 is 0 Å². The quantitative estimate of drug-likeness (QED) is 0.884. The number of rotatable bonds is 4. The summed E-state index contributed by atoms with van der Waals surface area (Å²) in [7, 11) is 3.90. The zero-order valence-electron chi connectivity index (χ0n) is 11.8. The molecule has 20 heavy (non-hydrogen) atoms. The summed E-state index contributed by atoms with van der Waals surface area (Å²) in [5.41, 5.74) is 1.75. The van der Waals surface area contributed by atoms with Crippen molar-refractivity contribution in [3.05, 3.63) is 24.3 Å². The predicted octanol–water partition coefficient (Wildman–Crippen LogP) is 2.19. The van der Waals surface area contributed by atoms with E-state index in [1.54, 1.807) is 0 Å². The fourth-order valence-electron chi connectivity index (χ4n) is 2.65. The van der Waals surface area contributed by atoms with E-state index in [1.165, 1.54) is 0 Å². The molecule has 0 aliphatic heterocycles. The van der Waals surface area contributed by atoms with Gasteiger partial charge < -0.3 is 15.3 Å². The second-order valence-corrected chi connectivity index (χ2v) is 5.41. The zero-order valence-corrected chi connectivity index (χ0v) is 11.8. The van der Waals surface area contributed by atoms with E-state index < -0.39 is 17.8 Å². The first-order valence-electron chi connectivity index (χ1n) is 6.80. The molecular weight excluding hydrogens is 256 g/mol. The molecule has 0 spiro atoms. The molecule has 0 radical (unpaired) electrons. The van der Waals surface area contributed by atoms with E-state index in [9.17, 15) is 9.59 Å². The molecule has 0 bridgehead atoms. The summed E-state index contributed by atoms with van der Waals surface area (Å²) in [5.74, 6) is -2.02. The smallest absolute Gasteiger partial charge is 0.307 e. The number of aliphatic carboxylic acids is 1. The van der Waals surface area contributed by atoms with Gasteiger partial charge in [-0.05, 0) is 37.1 Å². The Bertz CT molecular complexity index is 496. The van der Waals surface area contributed by atoms with Crippen molar-refractivity contribution >= 4 is 23.3 Å². The summed E-state index contributed by atoms with van der Waals surface area (Å²) in [6, 6.07) is 7.49. The van der Waals surface area contributed by atoms with Crippen LogP contribution in [0.25, 0.3) is 0 Å². The highest BCUT2D eigenvalue weighted by molar-refractivity contribution is 5.95. The van der Waals surface area contributed by atoms with Gasteiger partial charge in [0.2, 0.25) is 5.91 Å². The first-order valence-corrected chi connectivity index (χ1v) is 6.80. The summed E-state index contributed by atoms with van der Waals surface area (Å²) < 4.78 is 0. The van der Waals surface area contributed by atoms with Crippen molar-refractivity contribution in [1.29, 1.82) is 0 Å². The minimum Gasteiger partial charge on any atom is -0.481 e. The lowest BCUT2D eigenvalue weighted by atomic mass is 9.95. The van der Waals surface area contributed by atoms with E-state index in [0.29, 0.717) is 18.5 Å². The highest BCUT2D eigenvalue weighted by Crippen LogP contribution is 2.33. The summed E-state index contributed by atoms with van der Waals surface area (Å²) in [6.07, 6.45) is 2.04. The van der Waals surface area contributed by atoms with Crippen molar-refractivity contribution in [3.63, 3.8) is 0 Å².